The number of hydrogen-bond acceptors (Lipinski definition) is 6. The molecule has 0 aliphatic rings. The maximum Gasteiger partial charge on any atom is 0.227 e. The van der Waals surface area contributed by atoms with Gasteiger partial charge in [-0.2, -0.15) is 0 Å². The van der Waals surface area contributed by atoms with Crippen LogP contribution in [0.1, 0.15) is 26.0 Å². The molecular weight excluding hydrogens is 340 g/mol. The molecule has 0 bridgehead atoms. The molecule has 0 aliphatic carbocycles. The van der Waals surface area contributed by atoms with Crippen molar-refractivity contribution in [3.63, 3.8) is 0 Å². The number of methoxy groups -OCH3 is 1. The summed E-state index contributed by atoms with van der Waals surface area (Å²) in [6, 6.07) is 5.15. The largest absolute Gasteiger partial charge is 0.380 e. The molecule has 1 N–H and O–H groups in total. The standard InChI is InChI=1S/C14H24N2O5S2/c1-12(2)10-14(21-3)11-23(19,20)16-22(17,18)9-7-13-6-4-5-8-15-13/h4-6,8,12,14,16H,7,9-11H2,1-3H3. The molecule has 1 rings (SSSR count). The Balaban J connectivity index is 2.63. The number of sulfonamides is 2. The van der Waals surface area contributed by atoms with Gasteiger partial charge in [0.15, 0.2) is 0 Å². The van der Waals surface area contributed by atoms with Crippen LogP contribution in [0.4, 0.5) is 0 Å². The van der Waals surface area contributed by atoms with Crippen LogP contribution >= 0.6 is 0 Å². The molecule has 1 heterocycles. The third kappa shape index (κ3) is 8.40. The lowest BCUT2D eigenvalue weighted by molar-refractivity contribution is 0.102. The Hall–Kier alpha value is -1.03. The smallest absolute Gasteiger partial charge is 0.227 e. The molecule has 0 amide bonds. The number of hydrogen-bond donors (Lipinski definition) is 1. The maximum atomic E-state index is 12.0. The van der Waals surface area contributed by atoms with Crippen molar-refractivity contribution >= 4 is 20.0 Å². The summed E-state index contributed by atoms with van der Waals surface area (Å²) in [6.45, 7) is 3.88. The Kier molecular flexibility index (Phi) is 7.59. The van der Waals surface area contributed by atoms with Crippen LogP contribution in [0.2, 0.25) is 0 Å². The van der Waals surface area contributed by atoms with Crippen LogP contribution in [-0.2, 0) is 31.2 Å². The van der Waals surface area contributed by atoms with E-state index in [2.05, 4.69) is 4.98 Å². The lowest BCUT2D eigenvalue weighted by Crippen LogP contribution is -2.38. The first-order chi connectivity index (χ1) is 10.6. The van der Waals surface area contributed by atoms with Gasteiger partial charge in [0.1, 0.15) is 0 Å². The maximum absolute atomic E-state index is 12.0. The molecular formula is C14H24N2O5S2. The average Bonchev–Trinajstić information content (AvgIpc) is 2.43. The van der Waals surface area contributed by atoms with Crippen LogP contribution in [0.3, 0.4) is 0 Å². The minimum absolute atomic E-state index is 0.144. The van der Waals surface area contributed by atoms with Crippen LogP contribution in [0, 0.1) is 5.92 Å². The van der Waals surface area contributed by atoms with Gasteiger partial charge in [-0.25, -0.2) is 16.8 Å². The van der Waals surface area contributed by atoms with E-state index in [0.29, 0.717) is 12.1 Å². The van der Waals surface area contributed by atoms with E-state index in [1.165, 1.54) is 7.11 Å². The van der Waals surface area contributed by atoms with Gasteiger partial charge in [0.2, 0.25) is 20.0 Å². The zero-order valence-corrected chi connectivity index (χ0v) is 15.2. The highest BCUT2D eigenvalue weighted by atomic mass is 32.3. The molecule has 7 nitrogen and oxygen atoms in total. The number of pyridine rings is 1. The third-order valence-corrected chi connectivity index (χ3v) is 6.66. The molecule has 0 saturated carbocycles. The van der Waals surface area contributed by atoms with Gasteiger partial charge in [0, 0.05) is 25.4 Å². The summed E-state index contributed by atoms with van der Waals surface area (Å²) in [5, 5.41) is 0. The average molecular weight is 364 g/mol. The molecule has 0 saturated heterocycles. The number of ether oxygens (including phenoxy) is 1. The van der Waals surface area contributed by atoms with Crippen LogP contribution < -0.4 is 4.13 Å². The van der Waals surface area contributed by atoms with Gasteiger partial charge >= 0.3 is 0 Å². The van der Waals surface area contributed by atoms with Gasteiger partial charge in [-0.05, 0) is 24.5 Å². The molecule has 9 heteroatoms. The fraction of sp³-hybridized carbons (Fsp3) is 0.643. The number of aromatic nitrogens is 1. The minimum atomic E-state index is -3.98. The normalized spacial score (nSPS) is 14.1. The van der Waals surface area contributed by atoms with Crippen LogP contribution in [0.5, 0.6) is 0 Å². The van der Waals surface area contributed by atoms with Gasteiger partial charge in [0.25, 0.3) is 0 Å². The number of aryl methyl sites for hydroxylation is 1. The molecule has 132 valence electrons. The minimum Gasteiger partial charge on any atom is -0.380 e. The summed E-state index contributed by atoms with van der Waals surface area (Å²) in [4.78, 5) is 4.01. The Labute approximate surface area is 138 Å². The van der Waals surface area contributed by atoms with Gasteiger partial charge < -0.3 is 4.74 Å². The van der Waals surface area contributed by atoms with Crippen molar-refractivity contribution in [2.75, 3.05) is 18.6 Å². The quantitative estimate of drug-likeness (QED) is 0.663. The summed E-state index contributed by atoms with van der Waals surface area (Å²) < 4.78 is 54.8. The van der Waals surface area contributed by atoms with Crippen molar-refractivity contribution in [1.29, 1.82) is 0 Å². The molecule has 0 aromatic carbocycles. The van der Waals surface area contributed by atoms with Gasteiger partial charge in [0.05, 0.1) is 17.6 Å². The second-order valence-electron chi connectivity index (χ2n) is 5.74. The van der Waals surface area contributed by atoms with Gasteiger partial charge in [-0.1, -0.05) is 19.9 Å². The molecule has 23 heavy (non-hydrogen) atoms. The predicted octanol–water partition coefficient (Wildman–Crippen LogP) is 0.934. The Morgan fingerprint density at radius 2 is 1.87 bits per heavy atom. The van der Waals surface area contributed by atoms with E-state index in [4.69, 9.17) is 4.74 Å². The van der Waals surface area contributed by atoms with Gasteiger partial charge in [-0.15, -0.1) is 4.13 Å². The van der Waals surface area contributed by atoms with E-state index in [1.54, 1.807) is 28.5 Å². The fourth-order valence-corrected chi connectivity index (χ4v) is 5.45. The number of rotatable bonds is 10. The van der Waals surface area contributed by atoms with Crippen molar-refractivity contribution in [1.82, 2.24) is 9.11 Å². The van der Waals surface area contributed by atoms with E-state index in [1.807, 2.05) is 13.8 Å². The van der Waals surface area contributed by atoms with E-state index < -0.39 is 26.2 Å². The molecule has 0 spiro atoms. The Morgan fingerprint density at radius 1 is 1.17 bits per heavy atom. The van der Waals surface area contributed by atoms with Crippen molar-refractivity contribution < 1.29 is 21.6 Å². The first-order valence-electron chi connectivity index (χ1n) is 7.30. The zero-order chi connectivity index (χ0) is 17.5. The van der Waals surface area contributed by atoms with Crippen molar-refractivity contribution in [2.45, 2.75) is 32.8 Å². The van der Waals surface area contributed by atoms with E-state index in [9.17, 15) is 16.8 Å². The first kappa shape index (κ1) is 20.0. The molecule has 1 unspecified atom stereocenters. The van der Waals surface area contributed by atoms with Crippen molar-refractivity contribution in [3.05, 3.63) is 30.1 Å². The second kappa shape index (κ2) is 8.72. The molecule has 1 atom stereocenters. The predicted molar refractivity (Wildman–Crippen MR) is 88.9 cm³/mol. The highest BCUT2D eigenvalue weighted by molar-refractivity contribution is 8.04. The molecule has 0 aliphatic heterocycles. The van der Waals surface area contributed by atoms with Gasteiger partial charge in [-0.3, -0.25) is 4.98 Å². The SMILES string of the molecule is COC(CC(C)C)CS(=O)(=O)NS(=O)(=O)CCc1ccccn1. The van der Waals surface area contributed by atoms with E-state index in [0.717, 1.165) is 0 Å². The summed E-state index contributed by atoms with van der Waals surface area (Å²) in [5.41, 5.74) is 0.588. The molecule has 1 aromatic rings. The second-order valence-corrected chi connectivity index (χ2v) is 9.61. The summed E-state index contributed by atoms with van der Waals surface area (Å²) in [5.74, 6) is -0.480. The summed E-state index contributed by atoms with van der Waals surface area (Å²) >= 11 is 0. The third-order valence-electron chi connectivity index (χ3n) is 3.08. The van der Waals surface area contributed by atoms with Crippen LogP contribution in [0.25, 0.3) is 0 Å². The van der Waals surface area contributed by atoms with Crippen molar-refractivity contribution in [2.24, 2.45) is 5.92 Å². The lowest BCUT2D eigenvalue weighted by Gasteiger charge is -2.17. The molecule has 1 aromatic heterocycles. The van der Waals surface area contributed by atoms with Crippen molar-refractivity contribution in [3.8, 4) is 0 Å². The highest BCUT2D eigenvalue weighted by Crippen LogP contribution is 2.10. The summed E-state index contributed by atoms with van der Waals surface area (Å²) in [7, 11) is -6.52. The van der Waals surface area contributed by atoms with Crippen LogP contribution in [-0.4, -0.2) is 46.5 Å². The van der Waals surface area contributed by atoms with E-state index >= 15 is 0 Å². The lowest BCUT2D eigenvalue weighted by atomic mass is 10.1. The monoisotopic (exact) mass is 364 g/mol. The molecule has 0 fully saturated rings. The van der Waals surface area contributed by atoms with Crippen LogP contribution in [0.15, 0.2) is 24.4 Å². The fourth-order valence-electron chi connectivity index (χ4n) is 2.06. The number of nitrogens with zero attached hydrogens (tertiary/aromatic N) is 1. The Morgan fingerprint density at radius 3 is 2.39 bits per heavy atom. The topological polar surface area (TPSA) is 102 Å². The highest BCUT2D eigenvalue weighted by Gasteiger charge is 2.25. The first-order valence-corrected chi connectivity index (χ1v) is 10.6. The number of nitrogens with one attached hydrogen (secondary N) is 1. The zero-order valence-electron chi connectivity index (χ0n) is 13.6. The Bertz CT molecular complexity index is 672. The van der Waals surface area contributed by atoms with E-state index in [-0.39, 0.29) is 23.8 Å². The molecule has 0 radical (unpaired) electrons. The summed E-state index contributed by atoms with van der Waals surface area (Å²) in [6.07, 6.45) is 1.69.